The van der Waals surface area contributed by atoms with Gasteiger partial charge in [0.1, 0.15) is 0 Å². The van der Waals surface area contributed by atoms with Crippen molar-refractivity contribution in [3.63, 3.8) is 0 Å². The summed E-state index contributed by atoms with van der Waals surface area (Å²) in [5.74, 6) is 0. The summed E-state index contributed by atoms with van der Waals surface area (Å²) in [4.78, 5) is 4.59. The van der Waals surface area contributed by atoms with Crippen LogP contribution in [0.1, 0.15) is 41.0 Å². The molecule has 1 aromatic carbocycles. The fourth-order valence-corrected chi connectivity index (χ4v) is 2.94. The van der Waals surface area contributed by atoms with E-state index in [2.05, 4.69) is 49.3 Å². The highest BCUT2D eigenvalue weighted by Gasteiger charge is 2.14. The molecule has 0 bridgehead atoms. The largest absolute Gasteiger partial charge is 0.380 e. The Balaban J connectivity index is 2.28. The van der Waals surface area contributed by atoms with E-state index in [9.17, 15) is 0 Å². The van der Waals surface area contributed by atoms with Crippen molar-refractivity contribution in [2.75, 3.05) is 12.4 Å². The van der Waals surface area contributed by atoms with Crippen molar-refractivity contribution in [3.05, 3.63) is 58.4 Å². The van der Waals surface area contributed by atoms with E-state index in [1.165, 1.54) is 16.7 Å². The molecule has 1 N–H and O–H groups in total. The third kappa shape index (κ3) is 3.61. The van der Waals surface area contributed by atoms with Gasteiger partial charge in [-0.15, -0.1) is 0 Å². The minimum Gasteiger partial charge on any atom is -0.380 e. The molecule has 0 aliphatic rings. The number of ether oxygens (including phenoxy) is 1. The normalized spacial score (nSPS) is 12.2. The lowest BCUT2D eigenvalue weighted by atomic mass is 10.00. The lowest BCUT2D eigenvalue weighted by molar-refractivity contribution is 0.185. The Hall–Kier alpha value is -1.87. The van der Waals surface area contributed by atoms with E-state index in [4.69, 9.17) is 4.74 Å². The van der Waals surface area contributed by atoms with Gasteiger partial charge in [0.05, 0.1) is 12.6 Å². The van der Waals surface area contributed by atoms with Crippen LogP contribution < -0.4 is 5.32 Å². The smallest absolute Gasteiger partial charge is 0.0733 e. The van der Waals surface area contributed by atoms with E-state index in [1.807, 2.05) is 19.1 Å². The molecule has 1 atom stereocenters. The number of para-hydroxylation sites is 1. The third-order valence-corrected chi connectivity index (χ3v) is 3.71. The van der Waals surface area contributed by atoms with Crippen molar-refractivity contribution in [3.8, 4) is 0 Å². The second kappa shape index (κ2) is 6.72. The molecule has 0 saturated heterocycles. The summed E-state index contributed by atoms with van der Waals surface area (Å²) in [7, 11) is 1.72. The fraction of sp³-hybridized carbons (Fsp3) is 0.389. The van der Waals surface area contributed by atoms with Gasteiger partial charge in [0, 0.05) is 29.7 Å². The van der Waals surface area contributed by atoms with Crippen LogP contribution in [0.15, 0.2) is 30.3 Å². The summed E-state index contributed by atoms with van der Waals surface area (Å²) in [6, 6.07) is 10.6. The third-order valence-electron chi connectivity index (χ3n) is 3.71. The number of pyridine rings is 1. The number of methoxy groups -OCH3 is 1. The number of rotatable bonds is 5. The molecule has 21 heavy (non-hydrogen) atoms. The first-order valence-corrected chi connectivity index (χ1v) is 7.31. The number of hydrogen-bond donors (Lipinski definition) is 1. The molecule has 3 heteroatoms. The Labute approximate surface area is 127 Å². The standard InChI is InChI=1S/C18H24N2O/c1-12-10-13(2)19-14(3)18(12)15(4)20-17-9-7-6-8-16(17)11-21-5/h6-10,15,20H,11H2,1-5H3. The highest BCUT2D eigenvalue weighted by molar-refractivity contribution is 5.53. The Morgan fingerprint density at radius 1 is 1.19 bits per heavy atom. The average Bonchev–Trinajstić information content (AvgIpc) is 2.40. The minimum absolute atomic E-state index is 0.205. The molecule has 1 unspecified atom stereocenters. The predicted molar refractivity (Wildman–Crippen MR) is 87.6 cm³/mol. The first-order valence-electron chi connectivity index (χ1n) is 7.31. The van der Waals surface area contributed by atoms with Crippen molar-refractivity contribution in [2.24, 2.45) is 0 Å². The van der Waals surface area contributed by atoms with Gasteiger partial charge in [-0.2, -0.15) is 0 Å². The molecule has 2 aromatic rings. The van der Waals surface area contributed by atoms with Crippen LogP contribution in [0.3, 0.4) is 0 Å². The predicted octanol–water partition coefficient (Wildman–Crippen LogP) is 4.33. The maximum absolute atomic E-state index is 5.27. The highest BCUT2D eigenvalue weighted by Crippen LogP contribution is 2.26. The van der Waals surface area contributed by atoms with E-state index in [0.717, 1.165) is 17.1 Å². The van der Waals surface area contributed by atoms with Crippen LogP contribution in [-0.2, 0) is 11.3 Å². The Morgan fingerprint density at radius 3 is 2.57 bits per heavy atom. The summed E-state index contributed by atoms with van der Waals surface area (Å²) >= 11 is 0. The number of nitrogens with one attached hydrogen (secondary N) is 1. The van der Waals surface area contributed by atoms with Crippen molar-refractivity contribution in [1.82, 2.24) is 4.98 Å². The maximum atomic E-state index is 5.27. The summed E-state index contributed by atoms with van der Waals surface area (Å²) in [6.07, 6.45) is 0. The van der Waals surface area contributed by atoms with Crippen LogP contribution in [0, 0.1) is 20.8 Å². The average molecular weight is 284 g/mol. The van der Waals surface area contributed by atoms with E-state index in [1.54, 1.807) is 7.11 Å². The number of aryl methyl sites for hydroxylation is 3. The van der Waals surface area contributed by atoms with Gasteiger partial charge in [0.2, 0.25) is 0 Å². The Bertz CT molecular complexity index is 599. The first-order chi connectivity index (χ1) is 10.0. The number of hydrogen-bond acceptors (Lipinski definition) is 3. The molecule has 0 aliphatic carbocycles. The van der Waals surface area contributed by atoms with Crippen LogP contribution in [0.5, 0.6) is 0 Å². The zero-order valence-electron chi connectivity index (χ0n) is 13.5. The monoisotopic (exact) mass is 284 g/mol. The lowest BCUT2D eigenvalue weighted by Crippen LogP contribution is -2.13. The van der Waals surface area contributed by atoms with Crippen molar-refractivity contribution < 1.29 is 4.74 Å². The zero-order valence-corrected chi connectivity index (χ0v) is 13.5. The highest BCUT2D eigenvalue weighted by atomic mass is 16.5. The minimum atomic E-state index is 0.205. The van der Waals surface area contributed by atoms with Crippen LogP contribution in [0.4, 0.5) is 5.69 Å². The van der Waals surface area contributed by atoms with E-state index < -0.39 is 0 Å². The molecular weight excluding hydrogens is 260 g/mol. The van der Waals surface area contributed by atoms with Gasteiger partial charge in [-0.3, -0.25) is 4.98 Å². The molecule has 1 aromatic heterocycles. The molecule has 0 amide bonds. The van der Waals surface area contributed by atoms with Crippen LogP contribution in [-0.4, -0.2) is 12.1 Å². The summed E-state index contributed by atoms with van der Waals surface area (Å²) in [6.45, 7) is 9.05. The van der Waals surface area contributed by atoms with Crippen molar-refractivity contribution in [2.45, 2.75) is 40.3 Å². The summed E-state index contributed by atoms with van der Waals surface area (Å²) in [5.41, 5.74) is 7.00. The SMILES string of the molecule is COCc1ccccc1NC(C)c1c(C)cc(C)nc1C. The van der Waals surface area contributed by atoms with Crippen molar-refractivity contribution in [1.29, 1.82) is 0 Å². The number of nitrogens with zero attached hydrogens (tertiary/aromatic N) is 1. The van der Waals surface area contributed by atoms with Crippen LogP contribution in [0.2, 0.25) is 0 Å². The van der Waals surface area contributed by atoms with E-state index >= 15 is 0 Å². The first kappa shape index (κ1) is 15.5. The van der Waals surface area contributed by atoms with Gasteiger partial charge in [0.15, 0.2) is 0 Å². The Morgan fingerprint density at radius 2 is 1.90 bits per heavy atom. The second-order valence-electron chi connectivity index (χ2n) is 5.54. The quantitative estimate of drug-likeness (QED) is 0.887. The molecule has 3 nitrogen and oxygen atoms in total. The topological polar surface area (TPSA) is 34.1 Å². The van der Waals surface area contributed by atoms with Crippen LogP contribution in [0.25, 0.3) is 0 Å². The molecule has 0 fully saturated rings. The fourth-order valence-electron chi connectivity index (χ4n) is 2.94. The van der Waals surface area contributed by atoms with E-state index in [-0.39, 0.29) is 6.04 Å². The van der Waals surface area contributed by atoms with E-state index in [0.29, 0.717) is 6.61 Å². The molecule has 0 aliphatic heterocycles. The van der Waals surface area contributed by atoms with Gasteiger partial charge in [0.25, 0.3) is 0 Å². The molecule has 1 heterocycles. The van der Waals surface area contributed by atoms with Gasteiger partial charge in [-0.05, 0) is 51.0 Å². The zero-order chi connectivity index (χ0) is 15.4. The molecule has 0 radical (unpaired) electrons. The Kier molecular flexibility index (Phi) is 4.97. The molecule has 112 valence electrons. The number of benzene rings is 1. The van der Waals surface area contributed by atoms with Crippen LogP contribution >= 0.6 is 0 Å². The molecular formula is C18H24N2O. The summed E-state index contributed by atoms with van der Waals surface area (Å²) < 4.78 is 5.27. The maximum Gasteiger partial charge on any atom is 0.0733 e. The van der Waals surface area contributed by atoms with Gasteiger partial charge < -0.3 is 10.1 Å². The second-order valence-corrected chi connectivity index (χ2v) is 5.54. The molecule has 2 rings (SSSR count). The lowest BCUT2D eigenvalue weighted by Gasteiger charge is -2.21. The molecule has 0 spiro atoms. The van der Waals surface area contributed by atoms with Gasteiger partial charge in [-0.25, -0.2) is 0 Å². The summed E-state index contributed by atoms with van der Waals surface area (Å²) in [5, 5.41) is 3.59. The van der Waals surface area contributed by atoms with Gasteiger partial charge in [-0.1, -0.05) is 18.2 Å². The van der Waals surface area contributed by atoms with Crippen molar-refractivity contribution >= 4 is 5.69 Å². The number of aromatic nitrogens is 1. The molecule has 0 saturated carbocycles. The van der Waals surface area contributed by atoms with Gasteiger partial charge >= 0.3 is 0 Å². The number of anilines is 1.